The second kappa shape index (κ2) is 11.8. The Morgan fingerprint density at radius 2 is 1.86 bits per heavy atom. The highest BCUT2D eigenvalue weighted by Gasteiger charge is 2.37. The highest BCUT2D eigenvalue weighted by Crippen LogP contribution is 2.33. The number of hydrogen-bond acceptors (Lipinski definition) is 5. The molecule has 2 rings (SSSR count). The summed E-state index contributed by atoms with van der Waals surface area (Å²) in [6, 6.07) is 4.48. The molecule has 1 aromatic rings. The lowest BCUT2D eigenvalue weighted by Gasteiger charge is -2.24. The van der Waals surface area contributed by atoms with Crippen LogP contribution >= 0.6 is 0 Å². The number of carbonyl (C=O) groups is 2. The molecule has 1 unspecified atom stereocenters. The van der Waals surface area contributed by atoms with Crippen LogP contribution in [0.3, 0.4) is 0 Å². The number of urea groups is 1. The first-order valence-corrected chi connectivity index (χ1v) is 11.9. The van der Waals surface area contributed by atoms with Crippen molar-refractivity contribution < 1.29 is 27.9 Å². The lowest BCUT2D eigenvalue weighted by molar-refractivity contribution is -0.160. The van der Waals surface area contributed by atoms with Crippen LogP contribution in [0.4, 0.5) is 35.0 Å². The van der Waals surface area contributed by atoms with Gasteiger partial charge in [0.25, 0.3) is 0 Å². The minimum Gasteiger partial charge on any atom is -0.389 e. The van der Waals surface area contributed by atoms with Gasteiger partial charge < -0.3 is 20.6 Å². The number of aliphatic imine (C=N–C) groups is 1. The summed E-state index contributed by atoms with van der Waals surface area (Å²) in [6.07, 6.45) is 0.432. The van der Waals surface area contributed by atoms with E-state index in [9.17, 15) is 27.9 Å². The van der Waals surface area contributed by atoms with Crippen LogP contribution < -0.4 is 20.9 Å². The van der Waals surface area contributed by atoms with Crippen molar-refractivity contribution in [2.45, 2.75) is 59.2 Å². The molecule has 1 aromatic carbocycles. The molecule has 11 heteroatoms. The standard InChI is InChI=1S/C26H36F3N5O3/c1-24(2,3)14-22(35)34(6)19-11-12-20(30-15-25(4,5)37)21(13-19)31-16-32-23(36)33-18-9-7-17(8-10-18)26(27,28)29/h7,9-13,16-17,30,37H,8,14-15H2,1-6H3,(H2,31,32,33,36). The quantitative estimate of drug-likeness (QED) is 0.276. The maximum Gasteiger partial charge on any atom is 0.395 e. The predicted octanol–water partition coefficient (Wildman–Crippen LogP) is 5.25. The van der Waals surface area contributed by atoms with E-state index in [1.165, 1.54) is 17.1 Å². The Labute approximate surface area is 215 Å². The number of nitrogens with one attached hydrogen (secondary N) is 3. The molecule has 0 aromatic heterocycles. The third-order valence-electron chi connectivity index (χ3n) is 5.31. The van der Waals surface area contributed by atoms with Crippen LogP contribution in [-0.2, 0) is 4.79 Å². The summed E-state index contributed by atoms with van der Waals surface area (Å²) in [5.41, 5.74) is 0.633. The van der Waals surface area contributed by atoms with Gasteiger partial charge in [-0.2, -0.15) is 13.2 Å². The van der Waals surface area contributed by atoms with E-state index in [4.69, 9.17) is 0 Å². The van der Waals surface area contributed by atoms with Crippen molar-refractivity contribution in [1.82, 2.24) is 10.6 Å². The number of halogens is 3. The third-order valence-corrected chi connectivity index (χ3v) is 5.31. The molecule has 0 bridgehead atoms. The van der Waals surface area contributed by atoms with Gasteiger partial charge in [0, 0.05) is 31.4 Å². The summed E-state index contributed by atoms with van der Waals surface area (Å²) >= 11 is 0. The molecule has 3 amide bonds. The van der Waals surface area contributed by atoms with Crippen molar-refractivity contribution in [3.8, 4) is 0 Å². The molecule has 0 fully saturated rings. The minimum absolute atomic E-state index is 0.0706. The molecule has 37 heavy (non-hydrogen) atoms. The normalized spacial score (nSPS) is 16.4. The Balaban J connectivity index is 2.13. The molecule has 0 heterocycles. The summed E-state index contributed by atoms with van der Waals surface area (Å²) in [6.45, 7) is 9.44. The molecule has 204 valence electrons. The van der Waals surface area contributed by atoms with Crippen molar-refractivity contribution in [3.63, 3.8) is 0 Å². The monoisotopic (exact) mass is 523 g/mol. The fourth-order valence-electron chi connectivity index (χ4n) is 3.30. The molecule has 0 saturated heterocycles. The Morgan fingerprint density at radius 1 is 1.19 bits per heavy atom. The molecular formula is C26H36F3N5O3. The molecule has 0 saturated carbocycles. The number of rotatable bonds is 8. The van der Waals surface area contributed by atoms with Gasteiger partial charge in [0.2, 0.25) is 5.91 Å². The Kier molecular flexibility index (Phi) is 9.54. The van der Waals surface area contributed by atoms with Crippen LogP contribution in [0, 0.1) is 11.3 Å². The first-order chi connectivity index (χ1) is 16.9. The maximum atomic E-state index is 12.8. The average molecular weight is 524 g/mol. The fourth-order valence-corrected chi connectivity index (χ4v) is 3.30. The largest absolute Gasteiger partial charge is 0.395 e. The maximum absolute atomic E-state index is 12.8. The number of hydrogen-bond donors (Lipinski definition) is 4. The van der Waals surface area contributed by atoms with E-state index in [1.807, 2.05) is 20.8 Å². The highest BCUT2D eigenvalue weighted by molar-refractivity contribution is 5.95. The van der Waals surface area contributed by atoms with Gasteiger partial charge in [-0.1, -0.05) is 32.9 Å². The number of anilines is 2. The van der Waals surface area contributed by atoms with Crippen molar-refractivity contribution >= 4 is 35.3 Å². The summed E-state index contributed by atoms with van der Waals surface area (Å²) in [4.78, 5) is 30.7. The van der Waals surface area contributed by atoms with Crippen molar-refractivity contribution in [1.29, 1.82) is 0 Å². The van der Waals surface area contributed by atoms with E-state index in [-0.39, 0.29) is 30.0 Å². The van der Waals surface area contributed by atoms with Crippen LogP contribution in [0.2, 0.25) is 0 Å². The number of allylic oxidation sites excluding steroid dienone is 3. The molecule has 1 aliphatic carbocycles. The van der Waals surface area contributed by atoms with Gasteiger partial charge in [0.15, 0.2) is 0 Å². The van der Waals surface area contributed by atoms with Gasteiger partial charge in [-0.3, -0.25) is 10.1 Å². The summed E-state index contributed by atoms with van der Waals surface area (Å²) in [5.74, 6) is -1.64. The number of alkyl halides is 3. The number of nitrogens with zero attached hydrogens (tertiary/aromatic N) is 2. The molecule has 1 aliphatic rings. The smallest absolute Gasteiger partial charge is 0.389 e. The number of amides is 3. The molecule has 0 radical (unpaired) electrons. The number of carbonyl (C=O) groups excluding carboxylic acids is 2. The molecular weight excluding hydrogens is 487 g/mol. The zero-order chi connectivity index (χ0) is 28.0. The van der Waals surface area contributed by atoms with E-state index in [0.29, 0.717) is 23.5 Å². The van der Waals surface area contributed by atoms with Crippen LogP contribution in [0.15, 0.2) is 47.1 Å². The van der Waals surface area contributed by atoms with Crippen LogP contribution in [0.25, 0.3) is 0 Å². The van der Waals surface area contributed by atoms with Crippen LogP contribution in [-0.4, -0.2) is 48.8 Å². The molecule has 4 N–H and O–H groups in total. The first kappa shape index (κ1) is 29.9. The minimum atomic E-state index is -4.33. The van der Waals surface area contributed by atoms with E-state index in [0.717, 1.165) is 12.4 Å². The van der Waals surface area contributed by atoms with Gasteiger partial charge >= 0.3 is 12.2 Å². The molecule has 0 aliphatic heterocycles. The topological polar surface area (TPSA) is 106 Å². The third kappa shape index (κ3) is 10.3. The summed E-state index contributed by atoms with van der Waals surface area (Å²) < 4.78 is 38.3. The Morgan fingerprint density at radius 3 is 2.41 bits per heavy atom. The SMILES string of the molecule is CN(C(=O)CC(C)(C)C)c1ccc(NCC(C)(C)O)c(N=CNC(=O)NC2=CCC(C(F)(F)F)C=C2)c1. The van der Waals surface area contributed by atoms with E-state index >= 15 is 0 Å². The predicted molar refractivity (Wildman–Crippen MR) is 140 cm³/mol. The van der Waals surface area contributed by atoms with Crippen LogP contribution in [0.1, 0.15) is 47.5 Å². The van der Waals surface area contributed by atoms with Gasteiger partial charge in [-0.25, -0.2) is 9.79 Å². The Bertz CT molecular complexity index is 1070. The fraction of sp³-hybridized carbons (Fsp3) is 0.500. The van der Waals surface area contributed by atoms with Gasteiger partial charge in [-0.15, -0.1) is 0 Å². The molecule has 1 atom stereocenters. The Hall–Kier alpha value is -3.34. The van der Waals surface area contributed by atoms with Gasteiger partial charge in [-0.05, 0) is 50.0 Å². The summed E-state index contributed by atoms with van der Waals surface area (Å²) in [5, 5.41) is 18.1. The van der Waals surface area contributed by atoms with Crippen molar-refractivity contribution in [3.05, 3.63) is 42.1 Å². The second-order valence-electron chi connectivity index (χ2n) is 10.8. The van der Waals surface area contributed by atoms with Crippen molar-refractivity contribution in [2.24, 2.45) is 16.3 Å². The zero-order valence-electron chi connectivity index (χ0n) is 22.0. The van der Waals surface area contributed by atoms with Gasteiger partial charge in [0.05, 0.1) is 29.2 Å². The molecule has 8 nitrogen and oxygen atoms in total. The van der Waals surface area contributed by atoms with E-state index in [2.05, 4.69) is 20.9 Å². The van der Waals surface area contributed by atoms with E-state index < -0.39 is 23.7 Å². The van der Waals surface area contributed by atoms with Gasteiger partial charge in [0.1, 0.15) is 0 Å². The second-order valence-corrected chi connectivity index (χ2v) is 10.8. The lowest BCUT2D eigenvalue weighted by atomic mass is 9.91. The van der Waals surface area contributed by atoms with Crippen LogP contribution in [0.5, 0.6) is 0 Å². The first-order valence-electron chi connectivity index (χ1n) is 11.9. The van der Waals surface area contributed by atoms with Crippen molar-refractivity contribution in [2.75, 3.05) is 23.8 Å². The highest BCUT2D eigenvalue weighted by atomic mass is 19.4. The number of benzene rings is 1. The molecule has 0 spiro atoms. The summed E-state index contributed by atoms with van der Waals surface area (Å²) in [7, 11) is 1.67. The lowest BCUT2D eigenvalue weighted by Crippen LogP contribution is -2.34. The number of aliphatic hydroxyl groups is 1. The van der Waals surface area contributed by atoms with E-state index in [1.54, 1.807) is 39.1 Å². The zero-order valence-corrected chi connectivity index (χ0v) is 22.0. The average Bonchev–Trinajstić information content (AvgIpc) is 2.75.